The molecule has 0 bridgehead atoms. The third kappa shape index (κ3) is 3.43. The highest BCUT2D eigenvalue weighted by molar-refractivity contribution is 7.16. The first-order valence-electron chi connectivity index (χ1n) is 6.56. The second-order valence-electron chi connectivity index (χ2n) is 4.31. The van der Waals surface area contributed by atoms with Crippen molar-refractivity contribution >= 4 is 32.9 Å². The summed E-state index contributed by atoms with van der Waals surface area (Å²) in [5.41, 5.74) is 2.65. The van der Waals surface area contributed by atoms with Gasteiger partial charge in [0.25, 0.3) is 0 Å². The summed E-state index contributed by atoms with van der Waals surface area (Å²) in [5.74, 6) is 0. The molecule has 1 heterocycles. The highest BCUT2D eigenvalue weighted by Crippen LogP contribution is 2.34. The number of thiazole rings is 1. The Labute approximate surface area is 120 Å². The quantitative estimate of drug-likeness (QED) is 0.458. The molecular formula is C13H17N3O3S. The number of hydrogen-bond acceptors (Lipinski definition) is 6. The molecule has 0 atom stereocenters. The van der Waals surface area contributed by atoms with E-state index in [-0.39, 0.29) is 10.6 Å². The molecule has 7 heteroatoms. The standard InChI is InChI=1S/C13H17N3O3S/c1-2-7-19-8-3-6-14-10-4-5-11-12(15-9-20-11)13(10)16(17)18/h4-5,9,14H,2-3,6-8H2,1H3. The lowest BCUT2D eigenvalue weighted by molar-refractivity contribution is -0.382. The monoisotopic (exact) mass is 295 g/mol. The Morgan fingerprint density at radius 3 is 3.05 bits per heavy atom. The van der Waals surface area contributed by atoms with Gasteiger partial charge in [-0.1, -0.05) is 6.92 Å². The van der Waals surface area contributed by atoms with Gasteiger partial charge in [0.2, 0.25) is 0 Å². The van der Waals surface area contributed by atoms with Gasteiger partial charge < -0.3 is 10.1 Å². The molecule has 0 fully saturated rings. The number of fused-ring (bicyclic) bond motifs is 1. The number of nitrogens with one attached hydrogen (secondary N) is 1. The predicted octanol–water partition coefficient (Wildman–Crippen LogP) is 3.43. The first kappa shape index (κ1) is 14.7. The van der Waals surface area contributed by atoms with Gasteiger partial charge >= 0.3 is 5.69 Å². The summed E-state index contributed by atoms with van der Waals surface area (Å²) in [6, 6.07) is 3.60. The molecule has 0 radical (unpaired) electrons. The second kappa shape index (κ2) is 7.16. The molecule has 6 nitrogen and oxygen atoms in total. The minimum atomic E-state index is -0.377. The van der Waals surface area contributed by atoms with E-state index in [1.165, 1.54) is 11.3 Å². The fourth-order valence-electron chi connectivity index (χ4n) is 1.89. The van der Waals surface area contributed by atoms with Crippen LogP contribution in [0.5, 0.6) is 0 Å². The number of rotatable bonds is 8. The van der Waals surface area contributed by atoms with Crippen LogP contribution in [0, 0.1) is 10.1 Å². The fourth-order valence-corrected chi connectivity index (χ4v) is 2.57. The van der Waals surface area contributed by atoms with E-state index in [1.54, 1.807) is 11.6 Å². The van der Waals surface area contributed by atoms with E-state index in [2.05, 4.69) is 17.2 Å². The summed E-state index contributed by atoms with van der Waals surface area (Å²) < 4.78 is 6.20. The summed E-state index contributed by atoms with van der Waals surface area (Å²) >= 11 is 1.40. The van der Waals surface area contributed by atoms with E-state index in [0.717, 1.165) is 24.1 Å². The Balaban J connectivity index is 2.02. The molecule has 2 rings (SSSR count). The summed E-state index contributed by atoms with van der Waals surface area (Å²) in [5, 5.41) is 14.3. The van der Waals surface area contributed by atoms with Gasteiger partial charge in [-0.3, -0.25) is 10.1 Å². The van der Waals surface area contributed by atoms with Crippen molar-refractivity contribution in [1.29, 1.82) is 0 Å². The van der Waals surface area contributed by atoms with Crippen LogP contribution in [-0.4, -0.2) is 29.7 Å². The van der Waals surface area contributed by atoms with E-state index in [0.29, 0.717) is 24.4 Å². The number of benzene rings is 1. The summed E-state index contributed by atoms with van der Waals surface area (Å²) in [6.07, 6.45) is 1.81. The summed E-state index contributed by atoms with van der Waals surface area (Å²) in [7, 11) is 0. The third-order valence-corrected chi connectivity index (χ3v) is 3.58. The van der Waals surface area contributed by atoms with Crippen molar-refractivity contribution in [2.45, 2.75) is 19.8 Å². The van der Waals surface area contributed by atoms with Gasteiger partial charge in [-0.05, 0) is 25.0 Å². The molecule has 0 saturated heterocycles. The third-order valence-electron chi connectivity index (χ3n) is 2.79. The minimum absolute atomic E-state index is 0.0539. The van der Waals surface area contributed by atoms with Crippen molar-refractivity contribution < 1.29 is 9.66 Å². The van der Waals surface area contributed by atoms with Crippen molar-refractivity contribution in [3.8, 4) is 0 Å². The molecule has 0 amide bonds. The van der Waals surface area contributed by atoms with Crippen LogP contribution in [0.2, 0.25) is 0 Å². The summed E-state index contributed by atoms with van der Waals surface area (Å²) in [6.45, 7) is 4.11. The zero-order chi connectivity index (χ0) is 14.4. The normalized spacial score (nSPS) is 10.8. The Kier molecular flexibility index (Phi) is 5.25. The topological polar surface area (TPSA) is 77.3 Å². The fraction of sp³-hybridized carbons (Fsp3) is 0.462. The molecule has 1 aromatic carbocycles. The van der Waals surface area contributed by atoms with Crippen LogP contribution in [-0.2, 0) is 4.74 Å². The molecule has 108 valence electrons. The van der Waals surface area contributed by atoms with Crippen LogP contribution < -0.4 is 5.32 Å². The van der Waals surface area contributed by atoms with Crippen molar-refractivity contribution in [2.24, 2.45) is 0 Å². The van der Waals surface area contributed by atoms with Crippen LogP contribution in [0.1, 0.15) is 19.8 Å². The molecule has 0 aliphatic heterocycles. The lowest BCUT2D eigenvalue weighted by Gasteiger charge is -2.07. The first-order valence-corrected chi connectivity index (χ1v) is 7.44. The molecule has 1 N–H and O–H groups in total. The maximum atomic E-state index is 11.2. The van der Waals surface area contributed by atoms with Crippen molar-refractivity contribution in [3.63, 3.8) is 0 Å². The van der Waals surface area contributed by atoms with E-state index < -0.39 is 0 Å². The second-order valence-corrected chi connectivity index (χ2v) is 5.20. The smallest absolute Gasteiger partial charge is 0.319 e. The van der Waals surface area contributed by atoms with Crippen LogP contribution in [0.4, 0.5) is 11.4 Å². The number of nitrogens with zero attached hydrogens (tertiary/aromatic N) is 2. The SMILES string of the molecule is CCCOCCCNc1ccc2scnc2c1[N+](=O)[O-]. The average Bonchev–Trinajstić information content (AvgIpc) is 2.90. The molecule has 0 unspecified atom stereocenters. The van der Waals surface area contributed by atoms with Gasteiger partial charge in [0.15, 0.2) is 5.52 Å². The van der Waals surface area contributed by atoms with Crippen LogP contribution in [0.3, 0.4) is 0 Å². The molecular weight excluding hydrogens is 278 g/mol. The molecule has 0 spiro atoms. The lowest BCUT2D eigenvalue weighted by Crippen LogP contribution is -2.08. The van der Waals surface area contributed by atoms with E-state index in [4.69, 9.17) is 4.74 Å². The molecule has 0 aliphatic rings. The number of hydrogen-bond donors (Lipinski definition) is 1. The number of anilines is 1. The zero-order valence-electron chi connectivity index (χ0n) is 11.3. The molecule has 1 aromatic heterocycles. The Bertz CT molecular complexity index is 585. The minimum Gasteiger partial charge on any atom is -0.381 e. The summed E-state index contributed by atoms with van der Waals surface area (Å²) in [4.78, 5) is 14.9. The van der Waals surface area contributed by atoms with Gasteiger partial charge in [-0.15, -0.1) is 11.3 Å². The Morgan fingerprint density at radius 2 is 2.30 bits per heavy atom. The molecule has 20 heavy (non-hydrogen) atoms. The van der Waals surface area contributed by atoms with Crippen LogP contribution in [0.15, 0.2) is 17.6 Å². The zero-order valence-corrected chi connectivity index (χ0v) is 12.1. The van der Waals surface area contributed by atoms with Crippen LogP contribution >= 0.6 is 11.3 Å². The van der Waals surface area contributed by atoms with Crippen LogP contribution in [0.25, 0.3) is 10.2 Å². The highest BCUT2D eigenvalue weighted by Gasteiger charge is 2.20. The molecule has 2 aromatic rings. The predicted molar refractivity (Wildman–Crippen MR) is 80.5 cm³/mol. The largest absolute Gasteiger partial charge is 0.381 e. The Morgan fingerprint density at radius 1 is 1.45 bits per heavy atom. The van der Waals surface area contributed by atoms with Gasteiger partial charge in [0.1, 0.15) is 5.69 Å². The Hall–Kier alpha value is -1.73. The number of nitro groups is 1. The van der Waals surface area contributed by atoms with E-state index in [1.807, 2.05) is 6.07 Å². The van der Waals surface area contributed by atoms with E-state index in [9.17, 15) is 10.1 Å². The first-order chi connectivity index (χ1) is 9.74. The number of nitro benzene ring substituents is 1. The van der Waals surface area contributed by atoms with Gasteiger partial charge in [0.05, 0.1) is 15.1 Å². The maximum Gasteiger partial charge on any atom is 0.319 e. The molecule has 0 aliphatic carbocycles. The van der Waals surface area contributed by atoms with Gasteiger partial charge in [-0.2, -0.15) is 0 Å². The maximum absolute atomic E-state index is 11.2. The number of ether oxygens (including phenoxy) is 1. The van der Waals surface area contributed by atoms with E-state index >= 15 is 0 Å². The number of aromatic nitrogens is 1. The van der Waals surface area contributed by atoms with Crippen molar-refractivity contribution in [2.75, 3.05) is 25.1 Å². The van der Waals surface area contributed by atoms with Crippen molar-refractivity contribution in [1.82, 2.24) is 4.98 Å². The molecule has 0 saturated carbocycles. The van der Waals surface area contributed by atoms with Gasteiger partial charge in [0, 0.05) is 19.8 Å². The lowest BCUT2D eigenvalue weighted by atomic mass is 10.2. The van der Waals surface area contributed by atoms with Crippen molar-refractivity contribution in [3.05, 3.63) is 27.8 Å². The van der Waals surface area contributed by atoms with Gasteiger partial charge in [-0.25, -0.2) is 4.98 Å². The highest BCUT2D eigenvalue weighted by atomic mass is 32.1. The average molecular weight is 295 g/mol.